The summed E-state index contributed by atoms with van der Waals surface area (Å²) in [6.07, 6.45) is -0.514. The van der Waals surface area contributed by atoms with E-state index in [2.05, 4.69) is 15.3 Å². The zero-order valence-electron chi connectivity index (χ0n) is 15.5. The van der Waals surface area contributed by atoms with Gasteiger partial charge >= 0.3 is 6.09 Å². The van der Waals surface area contributed by atoms with Crippen molar-refractivity contribution in [1.29, 1.82) is 0 Å². The Kier molecular flexibility index (Phi) is 5.19. The first-order valence-electron chi connectivity index (χ1n) is 8.42. The van der Waals surface area contributed by atoms with Crippen LogP contribution in [0, 0.1) is 6.92 Å². The van der Waals surface area contributed by atoms with Gasteiger partial charge in [0.05, 0.1) is 5.69 Å². The molecule has 140 valence electrons. The van der Waals surface area contributed by atoms with E-state index in [1.807, 2.05) is 52.0 Å². The topological polar surface area (TPSA) is 73.3 Å². The second-order valence-electron chi connectivity index (χ2n) is 7.00. The number of fused-ring (bicyclic) bond motifs is 1. The summed E-state index contributed by atoms with van der Waals surface area (Å²) in [6, 6.07) is 12.8. The number of carbonyl (C=O) groups excluding carboxylic acids is 1. The van der Waals surface area contributed by atoms with Crippen molar-refractivity contribution >= 4 is 34.2 Å². The summed E-state index contributed by atoms with van der Waals surface area (Å²) < 4.78 is 11.2. The number of nitrogens with one attached hydrogen (secondary N) is 1. The summed E-state index contributed by atoms with van der Waals surface area (Å²) in [4.78, 5) is 20.2. The molecule has 0 spiro atoms. The van der Waals surface area contributed by atoms with Crippen LogP contribution in [0.4, 0.5) is 10.5 Å². The molecule has 0 atom stereocenters. The molecule has 3 rings (SSSR count). The van der Waals surface area contributed by atoms with Gasteiger partial charge < -0.3 is 9.47 Å². The normalized spacial score (nSPS) is 11.3. The van der Waals surface area contributed by atoms with E-state index in [0.717, 1.165) is 10.8 Å². The lowest BCUT2D eigenvalue weighted by atomic mass is 10.1. The molecule has 0 radical (unpaired) electrons. The fraction of sp³-hybridized carbons (Fsp3) is 0.250. The third-order valence-electron chi connectivity index (χ3n) is 3.54. The van der Waals surface area contributed by atoms with Crippen molar-refractivity contribution in [3.05, 3.63) is 53.4 Å². The van der Waals surface area contributed by atoms with E-state index in [1.54, 1.807) is 18.2 Å². The van der Waals surface area contributed by atoms with E-state index < -0.39 is 11.7 Å². The number of aryl methyl sites for hydroxylation is 1. The number of carbonyl (C=O) groups is 1. The van der Waals surface area contributed by atoms with Gasteiger partial charge in [0.25, 0.3) is 0 Å². The third-order valence-corrected chi connectivity index (χ3v) is 3.71. The molecule has 7 heteroatoms. The molecule has 0 saturated carbocycles. The molecule has 3 aromatic rings. The second kappa shape index (κ2) is 7.40. The molecule has 1 N–H and O–H groups in total. The summed E-state index contributed by atoms with van der Waals surface area (Å²) in [6.45, 7) is 7.26. The minimum Gasteiger partial charge on any atom is -0.444 e. The van der Waals surface area contributed by atoms with Gasteiger partial charge in [-0.25, -0.2) is 9.78 Å². The van der Waals surface area contributed by atoms with E-state index in [9.17, 15) is 4.79 Å². The molecule has 0 bridgehead atoms. The van der Waals surface area contributed by atoms with Crippen molar-refractivity contribution in [3.8, 4) is 11.6 Å². The first-order chi connectivity index (χ1) is 12.7. The van der Waals surface area contributed by atoms with Crippen molar-refractivity contribution < 1.29 is 14.3 Å². The molecule has 0 fully saturated rings. The van der Waals surface area contributed by atoms with Crippen LogP contribution in [0.3, 0.4) is 0 Å². The SMILES string of the molecule is Cc1cc(Oc2ccc(NC(=O)OC(C)(C)C)c3ccccc23)nc(Cl)n1. The monoisotopic (exact) mass is 385 g/mol. The molecule has 6 nitrogen and oxygen atoms in total. The summed E-state index contributed by atoms with van der Waals surface area (Å²) in [5, 5.41) is 4.55. The van der Waals surface area contributed by atoms with E-state index in [1.165, 1.54) is 0 Å². The Morgan fingerprint density at radius 1 is 1.07 bits per heavy atom. The average molecular weight is 386 g/mol. The fourth-order valence-corrected chi connectivity index (χ4v) is 2.77. The van der Waals surface area contributed by atoms with Gasteiger partial charge in [-0.15, -0.1) is 0 Å². The van der Waals surface area contributed by atoms with Crippen LogP contribution in [-0.4, -0.2) is 21.7 Å². The standard InChI is InChI=1S/C20H20ClN3O3/c1-12-11-17(24-18(21)22-12)26-16-10-9-15(13-7-5-6-8-14(13)16)23-19(25)27-20(2,3)4/h5-11H,1-4H3,(H,23,25). The van der Waals surface area contributed by atoms with Gasteiger partial charge in [-0.3, -0.25) is 5.32 Å². The number of anilines is 1. The van der Waals surface area contributed by atoms with Crippen molar-refractivity contribution in [1.82, 2.24) is 9.97 Å². The summed E-state index contributed by atoms with van der Waals surface area (Å²) >= 11 is 5.91. The highest BCUT2D eigenvalue weighted by molar-refractivity contribution is 6.28. The molecule has 1 aromatic heterocycles. The number of rotatable bonds is 3. The minimum atomic E-state index is -0.576. The first kappa shape index (κ1) is 18.9. The smallest absolute Gasteiger partial charge is 0.412 e. The molecule has 0 saturated heterocycles. The number of aromatic nitrogens is 2. The van der Waals surface area contributed by atoms with Gasteiger partial charge in [0, 0.05) is 22.5 Å². The Morgan fingerprint density at radius 2 is 1.78 bits per heavy atom. The highest BCUT2D eigenvalue weighted by Gasteiger charge is 2.17. The largest absolute Gasteiger partial charge is 0.444 e. The Morgan fingerprint density at radius 3 is 2.44 bits per heavy atom. The maximum absolute atomic E-state index is 12.1. The highest BCUT2D eigenvalue weighted by atomic mass is 35.5. The fourth-order valence-electron chi connectivity index (χ4n) is 2.55. The van der Waals surface area contributed by atoms with Gasteiger partial charge in [-0.1, -0.05) is 24.3 Å². The average Bonchev–Trinajstić information content (AvgIpc) is 2.54. The quantitative estimate of drug-likeness (QED) is 0.582. The lowest BCUT2D eigenvalue weighted by Crippen LogP contribution is -2.27. The molecule has 2 aromatic carbocycles. The van der Waals surface area contributed by atoms with Gasteiger partial charge in [-0.2, -0.15) is 4.98 Å². The Balaban J connectivity index is 1.94. The van der Waals surface area contributed by atoms with Crippen molar-refractivity contribution in [2.45, 2.75) is 33.3 Å². The Labute approximate surface area is 162 Å². The maximum Gasteiger partial charge on any atom is 0.412 e. The van der Waals surface area contributed by atoms with Crippen molar-refractivity contribution in [3.63, 3.8) is 0 Å². The zero-order valence-corrected chi connectivity index (χ0v) is 16.3. The second-order valence-corrected chi connectivity index (χ2v) is 7.34. The number of benzene rings is 2. The van der Waals surface area contributed by atoms with Crippen LogP contribution in [-0.2, 0) is 4.74 Å². The van der Waals surface area contributed by atoms with Crippen LogP contribution < -0.4 is 10.1 Å². The van der Waals surface area contributed by atoms with Gasteiger partial charge in [0.1, 0.15) is 11.4 Å². The summed E-state index contributed by atoms with van der Waals surface area (Å²) in [7, 11) is 0. The first-order valence-corrected chi connectivity index (χ1v) is 8.80. The molecular weight excluding hydrogens is 366 g/mol. The van der Waals surface area contributed by atoms with E-state index in [4.69, 9.17) is 21.1 Å². The maximum atomic E-state index is 12.1. The number of halogens is 1. The number of nitrogens with zero attached hydrogens (tertiary/aromatic N) is 2. The lowest BCUT2D eigenvalue weighted by Gasteiger charge is -2.20. The highest BCUT2D eigenvalue weighted by Crippen LogP contribution is 2.34. The lowest BCUT2D eigenvalue weighted by molar-refractivity contribution is 0.0636. The predicted octanol–water partition coefficient (Wildman–Crippen LogP) is 5.73. The molecule has 0 aliphatic rings. The van der Waals surface area contributed by atoms with E-state index in [-0.39, 0.29) is 5.28 Å². The van der Waals surface area contributed by atoms with Gasteiger partial charge in [-0.05, 0) is 51.4 Å². The van der Waals surface area contributed by atoms with Crippen LogP contribution >= 0.6 is 11.6 Å². The van der Waals surface area contributed by atoms with Crippen LogP contribution in [0.5, 0.6) is 11.6 Å². The summed E-state index contributed by atoms with van der Waals surface area (Å²) in [5.41, 5.74) is 0.759. The van der Waals surface area contributed by atoms with Crippen LogP contribution in [0.1, 0.15) is 26.5 Å². The number of ether oxygens (including phenoxy) is 2. The number of amides is 1. The van der Waals surface area contributed by atoms with Gasteiger partial charge in [0.15, 0.2) is 0 Å². The molecule has 0 unspecified atom stereocenters. The van der Waals surface area contributed by atoms with Crippen LogP contribution in [0.15, 0.2) is 42.5 Å². The van der Waals surface area contributed by atoms with Crippen molar-refractivity contribution in [2.24, 2.45) is 0 Å². The summed E-state index contributed by atoms with van der Waals surface area (Å²) in [5.74, 6) is 0.944. The molecule has 0 aliphatic carbocycles. The van der Waals surface area contributed by atoms with E-state index in [0.29, 0.717) is 23.0 Å². The molecule has 1 heterocycles. The third kappa shape index (κ3) is 4.86. The van der Waals surface area contributed by atoms with Crippen LogP contribution in [0.2, 0.25) is 5.28 Å². The zero-order chi connectivity index (χ0) is 19.6. The molecule has 27 heavy (non-hydrogen) atoms. The van der Waals surface area contributed by atoms with E-state index >= 15 is 0 Å². The number of hydrogen-bond acceptors (Lipinski definition) is 5. The Bertz CT molecular complexity index is 979. The predicted molar refractivity (Wildman–Crippen MR) is 106 cm³/mol. The molecular formula is C20H20ClN3O3. The van der Waals surface area contributed by atoms with Crippen molar-refractivity contribution in [2.75, 3.05) is 5.32 Å². The van der Waals surface area contributed by atoms with Gasteiger partial charge in [0.2, 0.25) is 11.2 Å². The minimum absolute atomic E-state index is 0.123. The molecule has 1 amide bonds. The molecule has 0 aliphatic heterocycles. The van der Waals surface area contributed by atoms with Crippen LogP contribution in [0.25, 0.3) is 10.8 Å². The number of hydrogen-bond donors (Lipinski definition) is 1. The Hall–Kier alpha value is -2.86.